The Kier molecular flexibility index (Phi) is 5.92. The summed E-state index contributed by atoms with van der Waals surface area (Å²) in [7, 11) is 0. The van der Waals surface area contributed by atoms with Crippen LogP contribution in [0.4, 0.5) is 0 Å². The highest BCUT2D eigenvalue weighted by atomic mass is 79.9. The second kappa shape index (κ2) is 6.73. The van der Waals surface area contributed by atoms with E-state index in [1.54, 1.807) is 0 Å². The first-order valence-electron chi connectivity index (χ1n) is 5.65. The van der Waals surface area contributed by atoms with Gasteiger partial charge >= 0.3 is 0 Å². The van der Waals surface area contributed by atoms with Crippen molar-refractivity contribution in [3.63, 3.8) is 0 Å². The van der Waals surface area contributed by atoms with Crippen LogP contribution in [-0.4, -0.2) is 20.8 Å². The highest BCUT2D eigenvalue weighted by Gasteiger charge is 2.25. The van der Waals surface area contributed by atoms with Crippen LogP contribution in [-0.2, 0) is 17.8 Å². The van der Waals surface area contributed by atoms with Gasteiger partial charge in [0, 0.05) is 24.1 Å². The summed E-state index contributed by atoms with van der Waals surface area (Å²) in [6, 6.07) is 3.99. The number of halogens is 1. The predicted octanol–water partition coefficient (Wildman–Crippen LogP) is 2.83. The van der Waals surface area contributed by atoms with Crippen LogP contribution < -0.4 is 4.72 Å². The Labute approximate surface area is 115 Å². The molecule has 1 rings (SSSR count). The summed E-state index contributed by atoms with van der Waals surface area (Å²) in [6.45, 7) is 6.66. The zero-order valence-corrected chi connectivity index (χ0v) is 12.9. The summed E-state index contributed by atoms with van der Waals surface area (Å²) in [5.41, 5.74) is 1.21. The molecule has 0 aromatic carbocycles. The Morgan fingerprint density at radius 3 is 2.65 bits per heavy atom. The van der Waals surface area contributed by atoms with E-state index in [0.29, 0.717) is 0 Å². The summed E-state index contributed by atoms with van der Waals surface area (Å²) >= 11 is 2.33. The maximum absolute atomic E-state index is 11.7. The molecule has 17 heavy (non-hydrogen) atoms. The van der Waals surface area contributed by atoms with E-state index in [0.717, 1.165) is 24.0 Å². The molecule has 1 atom stereocenters. The van der Waals surface area contributed by atoms with Crippen molar-refractivity contribution in [1.82, 2.24) is 9.71 Å². The Balaban J connectivity index is 2.23. The maximum atomic E-state index is 11.7. The fraction of sp³-hybridized carbons (Fsp3) is 0.583. The van der Waals surface area contributed by atoms with Gasteiger partial charge in [0.2, 0.25) is 0 Å². The van der Waals surface area contributed by atoms with Crippen LogP contribution in [0.1, 0.15) is 32.8 Å². The molecule has 1 aromatic heterocycles. The van der Waals surface area contributed by atoms with Gasteiger partial charge in [-0.25, -0.2) is 4.98 Å². The lowest BCUT2D eigenvalue weighted by Crippen LogP contribution is -2.39. The zero-order chi connectivity index (χ0) is 12.9. The molecule has 1 aromatic rings. The van der Waals surface area contributed by atoms with Crippen LogP contribution >= 0.6 is 15.9 Å². The minimum absolute atomic E-state index is 0.195. The van der Waals surface area contributed by atoms with Crippen molar-refractivity contribution in [3.05, 3.63) is 28.5 Å². The Bertz CT molecular complexity index is 337. The van der Waals surface area contributed by atoms with E-state index in [1.807, 2.05) is 33.0 Å². The molecule has 1 heterocycles. The number of hydrogen-bond donors (Lipinski definition) is 1. The molecule has 0 saturated heterocycles. The molecule has 0 amide bonds. The van der Waals surface area contributed by atoms with Crippen molar-refractivity contribution in [2.45, 2.75) is 38.4 Å². The molecule has 5 heteroatoms. The quantitative estimate of drug-likeness (QED) is 0.516. The monoisotopic (exact) mass is 318 g/mol. The van der Waals surface area contributed by atoms with Crippen LogP contribution in [0.5, 0.6) is 0 Å². The van der Waals surface area contributed by atoms with Gasteiger partial charge in [0.1, 0.15) is 9.35 Å². The minimum Gasteiger partial charge on any atom is -0.598 e. The number of hydrogen-bond acceptors (Lipinski definition) is 3. The molecule has 1 N–H and O–H groups in total. The molecule has 96 valence electrons. The standard InChI is InChI=1S/C12H19BrN2OS/c1-12(2,3)17(16)15-8-4-5-10-6-7-11(13)14-9-10/h6-7,9,15H,4-5,8H2,1-3H3. The maximum Gasteiger partial charge on any atom is 0.136 e. The molecular formula is C12H19BrN2OS. The van der Waals surface area contributed by atoms with Crippen LogP contribution in [0.15, 0.2) is 22.9 Å². The topological polar surface area (TPSA) is 48.0 Å². The molecular weight excluding hydrogens is 300 g/mol. The number of aryl methyl sites for hydroxylation is 1. The van der Waals surface area contributed by atoms with E-state index in [-0.39, 0.29) is 4.75 Å². The SMILES string of the molecule is CC(C)(C)[S+]([O-])NCCCc1ccc(Br)nc1. The van der Waals surface area contributed by atoms with E-state index >= 15 is 0 Å². The number of pyridine rings is 1. The summed E-state index contributed by atoms with van der Waals surface area (Å²) in [6.07, 6.45) is 3.78. The lowest BCUT2D eigenvalue weighted by atomic mass is 10.2. The first-order chi connectivity index (χ1) is 7.89. The van der Waals surface area contributed by atoms with Crippen LogP contribution in [0.2, 0.25) is 0 Å². The van der Waals surface area contributed by atoms with Gasteiger partial charge < -0.3 is 4.55 Å². The van der Waals surface area contributed by atoms with E-state index < -0.39 is 11.4 Å². The van der Waals surface area contributed by atoms with Gasteiger partial charge in [0.15, 0.2) is 0 Å². The van der Waals surface area contributed by atoms with Gasteiger partial charge in [0.25, 0.3) is 0 Å². The summed E-state index contributed by atoms with van der Waals surface area (Å²) in [5, 5.41) is 0. The van der Waals surface area contributed by atoms with E-state index in [2.05, 4.69) is 31.7 Å². The van der Waals surface area contributed by atoms with Gasteiger partial charge in [0.05, 0.1) is 0 Å². The molecule has 0 spiro atoms. The number of nitrogens with one attached hydrogen (secondary N) is 1. The molecule has 3 nitrogen and oxygen atoms in total. The molecule has 0 bridgehead atoms. The van der Waals surface area contributed by atoms with Crippen molar-refractivity contribution in [2.24, 2.45) is 0 Å². The molecule has 0 fully saturated rings. The van der Waals surface area contributed by atoms with Gasteiger partial charge in [-0.1, -0.05) is 6.07 Å². The van der Waals surface area contributed by atoms with E-state index in [9.17, 15) is 4.55 Å². The molecule has 0 saturated carbocycles. The summed E-state index contributed by atoms with van der Waals surface area (Å²) < 4.78 is 15.4. The van der Waals surface area contributed by atoms with Gasteiger partial charge in [-0.3, -0.25) is 0 Å². The third kappa shape index (κ3) is 5.86. The first-order valence-corrected chi connectivity index (χ1v) is 7.59. The number of nitrogens with zero attached hydrogens (tertiary/aromatic N) is 1. The zero-order valence-electron chi connectivity index (χ0n) is 10.5. The van der Waals surface area contributed by atoms with Crippen molar-refractivity contribution in [3.8, 4) is 0 Å². The molecule has 0 radical (unpaired) electrons. The van der Waals surface area contributed by atoms with Gasteiger partial charge in [-0.05, 0) is 61.2 Å². The third-order valence-corrected chi connectivity index (χ3v) is 4.27. The van der Waals surface area contributed by atoms with Crippen LogP contribution in [0, 0.1) is 0 Å². The van der Waals surface area contributed by atoms with Crippen LogP contribution in [0.3, 0.4) is 0 Å². The lowest BCUT2D eigenvalue weighted by Gasteiger charge is -2.23. The van der Waals surface area contributed by atoms with Crippen molar-refractivity contribution in [2.75, 3.05) is 6.54 Å². The van der Waals surface area contributed by atoms with Gasteiger partial charge in [-0.15, -0.1) is 4.72 Å². The molecule has 0 aliphatic carbocycles. The predicted molar refractivity (Wildman–Crippen MR) is 76.2 cm³/mol. The highest BCUT2D eigenvalue weighted by molar-refractivity contribution is 9.10. The van der Waals surface area contributed by atoms with Crippen molar-refractivity contribution < 1.29 is 4.55 Å². The highest BCUT2D eigenvalue weighted by Crippen LogP contribution is 2.13. The third-order valence-electron chi connectivity index (χ3n) is 2.22. The molecule has 0 aliphatic rings. The first kappa shape index (κ1) is 15.0. The number of aromatic nitrogens is 1. The molecule has 0 aliphatic heterocycles. The van der Waals surface area contributed by atoms with Crippen molar-refractivity contribution >= 4 is 27.3 Å². The average Bonchev–Trinajstić information content (AvgIpc) is 2.25. The summed E-state index contributed by atoms with van der Waals surface area (Å²) in [4.78, 5) is 4.17. The fourth-order valence-corrected chi connectivity index (χ4v) is 2.23. The van der Waals surface area contributed by atoms with Gasteiger partial charge in [-0.2, -0.15) is 0 Å². The second-order valence-electron chi connectivity index (χ2n) is 4.87. The van der Waals surface area contributed by atoms with E-state index in [4.69, 9.17) is 0 Å². The van der Waals surface area contributed by atoms with Crippen molar-refractivity contribution in [1.29, 1.82) is 0 Å². The largest absolute Gasteiger partial charge is 0.598 e. The lowest BCUT2D eigenvalue weighted by molar-refractivity contribution is 0.542. The number of rotatable bonds is 5. The minimum atomic E-state index is -0.972. The Morgan fingerprint density at radius 1 is 1.41 bits per heavy atom. The fourth-order valence-electron chi connectivity index (χ4n) is 1.23. The normalized spacial score (nSPS) is 13.7. The smallest absolute Gasteiger partial charge is 0.136 e. The Hall–Kier alpha value is -0.100. The molecule has 1 unspecified atom stereocenters. The summed E-state index contributed by atoms with van der Waals surface area (Å²) in [5.74, 6) is 0. The average molecular weight is 319 g/mol. The second-order valence-corrected chi connectivity index (χ2v) is 7.73. The Morgan fingerprint density at radius 2 is 2.12 bits per heavy atom. The van der Waals surface area contributed by atoms with Crippen LogP contribution in [0.25, 0.3) is 0 Å². The van der Waals surface area contributed by atoms with E-state index in [1.165, 1.54) is 5.56 Å².